The maximum atomic E-state index is 9.97. The fourth-order valence-electron chi connectivity index (χ4n) is 1.97. The predicted octanol–water partition coefficient (Wildman–Crippen LogP) is 3.35. The van der Waals surface area contributed by atoms with Gasteiger partial charge in [-0.1, -0.05) is 25.4 Å². The normalized spacial score (nSPS) is 26.1. The van der Waals surface area contributed by atoms with Crippen molar-refractivity contribution in [3.8, 4) is 0 Å². The smallest absolute Gasteiger partial charge is 0.0622 e. The summed E-state index contributed by atoms with van der Waals surface area (Å²) in [5.41, 5.74) is 0.336. The van der Waals surface area contributed by atoms with Crippen molar-refractivity contribution in [2.24, 2.45) is 11.3 Å². The van der Waals surface area contributed by atoms with Crippen LogP contribution in [0.15, 0.2) is 11.4 Å². The van der Waals surface area contributed by atoms with Crippen LogP contribution in [0.2, 0.25) is 5.02 Å². The topological polar surface area (TPSA) is 20.2 Å². The van der Waals surface area contributed by atoms with E-state index in [-0.39, 0.29) is 6.10 Å². The standard InChI is InChI=1S/C11H15ClOS/c1-11(2)6-7(11)9(13)5-10-8(12)3-4-14-10/h3-4,7,9,13H,5-6H2,1-2H3. The molecule has 1 aliphatic carbocycles. The van der Waals surface area contributed by atoms with Crippen LogP contribution in [0.5, 0.6) is 0 Å². The average Bonchev–Trinajstić information content (AvgIpc) is 2.54. The van der Waals surface area contributed by atoms with Crippen LogP contribution in [0.25, 0.3) is 0 Å². The van der Waals surface area contributed by atoms with Gasteiger partial charge in [-0.15, -0.1) is 11.3 Å². The highest BCUT2D eigenvalue weighted by Crippen LogP contribution is 2.54. The largest absolute Gasteiger partial charge is 0.392 e. The lowest BCUT2D eigenvalue weighted by Gasteiger charge is -2.11. The summed E-state index contributed by atoms with van der Waals surface area (Å²) in [5, 5.41) is 12.7. The summed E-state index contributed by atoms with van der Waals surface area (Å²) in [4.78, 5) is 1.11. The van der Waals surface area contributed by atoms with E-state index in [1.165, 1.54) is 0 Å². The van der Waals surface area contributed by atoms with Gasteiger partial charge < -0.3 is 5.11 Å². The van der Waals surface area contributed by atoms with E-state index < -0.39 is 0 Å². The highest BCUT2D eigenvalue weighted by molar-refractivity contribution is 7.10. The lowest BCUT2D eigenvalue weighted by atomic mass is 10.0. The molecule has 0 spiro atoms. The third kappa shape index (κ3) is 1.97. The highest BCUT2D eigenvalue weighted by atomic mass is 35.5. The zero-order chi connectivity index (χ0) is 10.3. The van der Waals surface area contributed by atoms with Crippen LogP contribution < -0.4 is 0 Å². The highest BCUT2D eigenvalue weighted by Gasteiger charge is 2.49. The molecule has 0 bridgehead atoms. The fourth-order valence-corrected chi connectivity index (χ4v) is 3.13. The molecule has 1 N–H and O–H groups in total. The van der Waals surface area contributed by atoms with Gasteiger partial charge in [0.15, 0.2) is 0 Å². The molecule has 1 heterocycles. The molecular formula is C11H15ClOS. The van der Waals surface area contributed by atoms with Crippen molar-refractivity contribution in [1.82, 2.24) is 0 Å². The molecule has 78 valence electrons. The third-order valence-corrected chi connectivity index (χ3v) is 4.55. The van der Waals surface area contributed by atoms with Crippen molar-refractivity contribution < 1.29 is 5.11 Å². The van der Waals surface area contributed by atoms with Gasteiger partial charge in [0.25, 0.3) is 0 Å². The second-order valence-electron chi connectivity index (χ2n) is 4.76. The molecule has 1 aromatic rings. The molecule has 2 unspecified atom stereocenters. The van der Waals surface area contributed by atoms with E-state index in [4.69, 9.17) is 11.6 Å². The van der Waals surface area contributed by atoms with Gasteiger partial charge in [-0.3, -0.25) is 0 Å². The third-order valence-electron chi connectivity index (χ3n) is 3.14. The van der Waals surface area contributed by atoms with E-state index >= 15 is 0 Å². The monoisotopic (exact) mass is 230 g/mol. The first-order valence-electron chi connectivity index (χ1n) is 4.90. The van der Waals surface area contributed by atoms with E-state index in [1.807, 2.05) is 11.4 Å². The van der Waals surface area contributed by atoms with Gasteiger partial charge in [0.1, 0.15) is 0 Å². The van der Waals surface area contributed by atoms with Crippen molar-refractivity contribution in [3.63, 3.8) is 0 Å². The van der Waals surface area contributed by atoms with E-state index in [2.05, 4.69) is 13.8 Å². The second-order valence-corrected chi connectivity index (χ2v) is 6.17. The Kier molecular flexibility index (Phi) is 2.63. The Morgan fingerprint density at radius 1 is 1.71 bits per heavy atom. The van der Waals surface area contributed by atoms with Crippen molar-refractivity contribution in [3.05, 3.63) is 21.3 Å². The van der Waals surface area contributed by atoms with Gasteiger partial charge in [-0.2, -0.15) is 0 Å². The first kappa shape index (κ1) is 10.5. The minimum atomic E-state index is -0.221. The minimum Gasteiger partial charge on any atom is -0.392 e. The summed E-state index contributed by atoms with van der Waals surface area (Å²) in [7, 11) is 0. The molecule has 3 heteroatoms. The number of rotatable bonds is 3. The van der Waals surface area contributed by atoms with Crippen LogP contribution in [0, 0.1) is 11.3 Å². The van der Waals surface area contributed by atoms with Crippen LogP contribution in [0.1, 0.15) is 25.1 Å². The van der Waals surface area contributed by atoms with E-state index in [0.29, 0.717) is 17.8 Å². The molecule has 1 aromatic heterocycles. The Hall–Kier alpha value is -0.0500. The summed E-state index contributed by atoms with van der Waals surface area (Å²) < 4.78 is 0. The second kappa shape index (κ2) is 3.51. The van der Waals surface area contributed by atoms with Crippen LogP contribution in [-0.4, -0.2) is 11.2 Å². The fraction of sp³-hybridized carbons (Fsp3) is 0.636. The molecule has 1 saturated carbocycles. The van der Waals surface area contributed by atoms with Gasteiger partial charge in [0.2, 0.25) is 0 Å². The van der Waals surface area contributed by atoms with Crippen molar-refractivity contribution >= 4 is 22.9 Å². The Bertz CT molecular complexity index is 332. The molecule has 2 atom stereocenters. The molecule has 1 fully saturated rings. The number of thiophene rings is 1. The molecule has 0 aliphatic heterocycles. The van der Waals surface area contributed by atoms with Crippen molar-refractivity contribution in [2.75, 3.05) is 0 Å². The van der Waals surface area contributed by atoms with E-state index in [1.54, 1.807) is 11.3 Å². The Balaban J connectivity index is 1.96. The summed E-state index contributed by atoms with van der Waals surface area (Å²) >= 11 is 7.61. The van der Waals surface area contributed by atoms with Crippen LogP contribution >= 0.6 is 22.9 Å². The molecule has 2 rings (SSSR count). The molecule has 0 amide bonds. The van der Waals surface area contributed by atoms with Crippen LogP contribution in [0.4, 0.5) is 0 Å². The quantitative estimate of drug-likeness (QED) is 0.845. The maximum absolute atomic E-state index is 9.97. The first-order chi connectivity index (χ1) is 6.50. The molecule has 0 radical (unpaired) electrons. The van der Waals surface area contributed by atoms with Crippen LogP contribution in [0.3, 0.4) is 0 Å². The lowest BCUT2D eigenvalue weighted by Crippen LogP contribution is -2.15. The van der Waals surface area contributed by atoms with Crippen LogP contribution in [-0.2, 0) is 6.42 Å². The molecular weight excluding hydrogens is 216 g/mol. The molecule has 0 saturated heterocycles. The van der Waals surface area contributed by atoms with Gasteiger partial charge >= 0.3 is 0 Å². The lowest BCUT2D eigenvalue weighted by molar-refractivity contribution is 0.137. The van der Waals surface area contributed by atoms with E-state index in [9.17, 15) is 5.11 Å². The summed E-state index contributed by atoms with van der Waals surface area (Å²) in [6.45, 7) is 4.41. The number of hydrogen-bond acceptors (Lipinski definition) is 2. The molecule has 1 aliphatic rings. The molecule has 0 aromatic carbocycles. The predicted molar refractivity (Wildman–Crippen MR) is 60.9 cm³/mol. The Labute approximate surface area is 93.7 Å². The van der Waals surface area contributed by atoms with Gasteiger partial charge in [0.05, 0.1) is 11.1 Å². The first-order valence-corrected chi connectivity index (χ1v) is 6.16. The summed E-state index contributed by atoms with van der Waals surface area (Å²) in [6, 6.07) is 1.90. The maximum Gasteiger partial charge on any atom is 0.0622 e. The van der Waals surface area contributed by atoms with Gasteiger partial charge in [-0.05, 0) is 29.2 Å². The SMILES string of the molecule is CC1(C)CC1C(O)Cc1sccc1Cl. The summed E-state index contributed by atoms with van der Waals surface area (Å²) in [6.07, 6.45) is 1.63. The average molecular weight is 231 g/mol. The number of halogens is 1. The number of aliphatic hydroxyl groups is 1. The van der Waals surface area contributed by atoms with Crippen molar-refractivity contribution in [2.45, 2.75) is 32.8 Å². The van der Waals surface area contributed by atoms with Gasteiger partial charge in [-0.25, -0.2) is 0 Å². The Morgan fingerprint density at radius 3 is 2.79 bits per heavy atom. The number of aliphatic hydroxyl groups excluding tert-OH is 1. The minimum absolute atomic E-state index is 0.221. The summed E-state index contributed by atoms with van der Waals surface area (Å²) in [5.74, 6) is 0.459. The molecule has 14 heavy (non-hydrogen) atoms. The number of hydrogen-bond donors (Lipinski definition) is 1. The Morgan fingerprint density at radius 2 is 2.36 bits per heavy atom. The zero-order valence-electron chi connectivity index (χ0n) is 8.46. The van der Waals surface area contributed by atoms with Crippen molar-refractivity contribution in [1.29, 1.82) is 0 Å². The zero-order valence-corrected chi connectivity index (χ0v) is 10.0. The van der Waals surface area contributed by atoms with Gasteiger partial charge in [0, 0.05) is 11.3 Å². The van der Waals surface area contributed by atoms with E-state index in [0.717, 1.165) is 16.3 Å². The molecule has 1 nitrogen and oxygen atoms in total.